The summed E-state index contributed by atoms with van der Waals surface area (Å²) in [6.07, 6.45) is 4.63. The third kappa shape index (κ3) is 4.65. The quantitative estimate of drug-likeness (QED) is 0.773. The van der Waals surface area contributed by atoms with Crippen molar-refractivity contribution in [1.29, 1.82) is 0 Å². The molecular weight excluding hydrogens is 356 g/mol. The van der Waals surface area contributed by atoms with Gasteiger partial charge in [-0.1, -0.05) is 12.1 Å². The molecule has 1 aliphatic rings. The summed E-state index contributed by atoms with van der Waals surface area (Å²) in [4.78, 5) is 35.7. The molecule has 0 radical (unpaired) electrons. The summed E-state index contributed by atoms with van der Waals surface area (Å²) in [5.41, 5.74) is 1.05. The smallest absolute Gasteiger partial charge is 0.257 e. The summed E-state index contributed by atoms with van der Waals surface area (Å²) in [7, 11) is 1.72. The number of ketones is 1. The second-order valence-electron chi connectivity index (χ2n) is 7.19. The summed E-state index contributed by atoms with van der Waals surface area (Å²) in [5.74, 6) is 0.841. The number of rotatable bonds is 6. The summed E-state index contributed by atoms with van der Waals surface area (Å²) >= 11 is 0. The van der Waals surface area contributed by atoms with Crippen molar-refractivity contribution in [2.24, 2.45) is 5.92 Å². The van der Waals surface area contributed by atoms with Crippen LogP contribution in [0.25, 0.3) is 0 Å². The van der Waals surface area contributed by atoms with Crippen molar-refractivity contribution in [1.82, 2.24) is 14.9 Å². The first-order valence-electron chi connectivity index (χ1n) is 9.58. The minimum Gasteiger partial charge on any atom is -0.491 e. The molecule has 1 aliphatic heterocycles. The number of carbonyl (C=O) groups is 2. The SMILES string of the molecule is CNc1ncc(C(=O)N2CCC[C@@H](C(=O)c3cccc(OC(C)C)c3)C2)cn1. The maximum absolute atomic E-state index is 13.0. The number of piperidine rings is 1. The highest BCUT2D eigenvalue weighted by Gasteiger charge is 2.30. The fourth-order valence-electron chi connectivity index (χ4n) is 3.36. The number of nitrogens with one attached hydrogen (secondary N) is 1. The Morgan fingerprint density at radius 1 is 1.21 bits per heavy atom. The van der Waals surface area contributed by atoms with Crippen LogP contribution >= 0.6 is 0 Å². The van der Waals surface area contributed by atoms with Gasteiger partial charge in [-0.2, -0.15) is 0 Å². The molecule has 7 nitrogen and oxygen atoms in total. The third-order valence-corrected chi connectivity index (χ3v) is 4.69. The Balaban J connectivity index is 1.70. The Morgan fingerprint density at radius 3 is 2.64 bits per heavy atom. The second-order valence-corrected chi connectivity index (χ2v) is 7.19. The molecular formula is C21H26N4O3. The van der Waals surface area contributed by atoms with E-state index in [2.05, 4.69) is 15.3 Å². The van der Waals surface area contributed by atoms with Crippen LogP contribution in [-0.2, 0) is 0 Å². The largest absolute Gasteiger partial charge is 0.491 e. The molecule has 1 fully saturated rings. The molecule has 7 heteroatoms. The summed E-state index contributed by atoms with van der Waals surface area (Å²) in [6.45, 7) is 4.94. The molecule has 1 aromatic heterocycles. The van der Waals surface area contributed by atoms with Gasteiger partial charge in [0, 0.05) is 44.0 Å². The van der Waals surface area contributed by atoms with E-state index in [0.29, 0.717) is 35.9 Å². The van der Waals surface area contributed by atoms with Crippen LogP contribution < -0.4 is 10.1 Å². The Kier molecular flexibility index (Phi) is 6.23. The average Bonchev–Trinajstić information content (AvgIpc) is 2.72. The number of anilines is 1. The number of ether oxygens (including phenoxy) is 1. The lowest BCUT2D eigenvalue weighted by atomic mass is 9.89. The highest BCUT2D eigenvalue weighted by Crippen LogP contribution is 2.24. The van der Waals surface area contributed by atoms with E-state index >= 15 is 0 Å². The molecule has 2 heterocycles. The van der Waals surface area contributed by atoms with Gasteiger partial charge in [0.2, 0.25) is 5.95 Å². The first-order chi connectivity index (χ1) is 13.5. The number of nitrogens with zero attached hydrogens (tertiary/aromatic N) is 3. The monoisotopic (exact) mass is 382 g/mol. The molecule has 3 rings (SSSR count). The zero-order valence-electron chi connectivity index (χ0n) is 16.5. The fourth-order valence-corrected chi connectivity index (χ4v) is 3.36. The molecule has 0 saturated carbocycles. The van der Waals surface area contributed by atoms with Crippen molar-refractivity contribution in [3.8, 4) is 5.75 Å². The van der Waals surface area contributed by atoms with E-state index in [1.165, 1.54) is 12.4 Å². The van der Waals surface area contributed by atoms with Gasteiger partial charge >= 0.3 is 0 Å². The van der Waals surface area contributed by atoms with Gasteiger partial charge in [-0.05, 0) is 38.8 Å². The molecule has 0 aliphatic carbocycles. The van der Waals surface area contributed by atoms with E-state index in [9.17, 15) is 9.59 Å². The first kappa shape index (κ1) is 19.8. The van der Waals surface area contributed by atoms with Gasteiger partial charge in [-0.25, -0.2) is 9.97 Å². The minimum absolute atomic E-state index is 0.0460. The van der Waals surface area contributed by atoms with Crippen LogP contribution in [0.5, 0.6) is 5.75 Å². The first-order valence-corrected chi connectivity index (χ1v) is 9.58. The normalized spacial score (nSPS) is 16.7. The maximum Gasteiger partial charge on any atom is 0.257 e. The average molecular weight is 382 g/mol. The van der Waals surface area contributed by atoms with Crippen molar-refractivity contribution >= 4 is 17.6 Å². The van der Waals surface area contributed by atoms with Crippen LogP contribution in [0.1, 0.15) is 47.4 Å². The van der Waals surface area contributed by atoms with Crippen molar-refractivity contribution < 1.29 is 14.3 Å². The Labute approximate surface area is 165 Å². The van der Waals surface area contributed by atoms with Crippen LogP contribution in [0.4, 0.5) is 5.95 Å². The van der Waals surface area contributed by atoms with Gasteiger partial charge in [-0.3, -0.25) is 9.59 Å². The van der Waals surface area contributed by atoms with Crippen molar-refractivity contribution in [3.63, 3.8) is 0 Å². The molecule has 0 spiro atoms. The lowest BCUT2D eigenvalue weighted by molar-refractivity contribution is 0.0636. The van der Waals surface area contributed by atoms with Gasteiger partial charge in [0.15, 0.2) is 5.78 Å². The van der Waals surface area contributed by atoms with Crippen LogP contribution in [-0.4, -0.2) is 52.8 Å². The Hall–Kier alpha value is -2.96. The Bertz CT molecular complexity index is 836. The highest BCUT2D eigenvalue weighted by molar-refractivity contribution is 5.99. The van der Waals surface area contributed by atoms with Gasteiger partial charge in [0.05, 0.1) is 11.7 Å². The van der Waals surface area contributed by atoms with Crippen molar-refractivity contribution in [3.05, 3.63) is 47.8 Å². The van der Waals surface area contributed by atoms with E-state index in [-0.39, 0.29) is 23.7 Å². The van der Waals surface area contributed by atoms with E-state index in [0.717, 1.165) is 12.8 Å². The van der Waals surface area contributed by atoms with E-state index < -0.39 is 0 Å². The number of benzene rings is 1. The predicted octanol–water partition coefficient (Wildman–Crippen LogP) is 3.04. The lowest BCUT2D eigenvalue weighted by Gasteiger charge is -2.32. The van der Waals surface area contributed by atoms with E-state index in [4.69, 9.17) is 4.74 Å². The van der Waals surface area contributed by atoms with Crippen molar-refractivity contribution in [2.75, 3.05) is 25.5 Å². The molecule has 148 valence electrons. The van der Waals surface area contributed by atoms with Crippen LogP contribution in [0.3, 0.4) is 0 Å². The number of hydrogen-bond acceptors (Lipinski definition) is 6. The summed E-state index contributed by atoms with van der Waals surface area (Å²) < 4.78 is 5.69. The van der Waals surface area contributed by atoms with Crippen LogP contribution in [0.2, 0.25) is 0 Å². The number of aromatic nitrogens is 2. The number of amides is 1. The zero-order valence-corrected chi connectivity index (χ0v) is 16.5. The van der Waals surface area contributed by atoms with Crippen LogP contribution in [0.15, 0.2) is 36.7 Å². The van der Waals surface area contributed by atoms with E-state index in [1.807, 2.05) is 26.0 Å². The standard InChI is InChI=1S/C21H26N4O3/c1-14(2)28-18-8-4-6-15(10-18)19(26)16-7-5-9-25(13-16)20(27)17-11-23-21(22-3)24-12-17/h4,6,8,10-12,14,16H,5,7,9,13H2,1-3H3,(H,22,23,24)/t16-/m1/s1. The summed E-state index contributed by atoms with van der Waals surface area (Å²) in [6, 6.07) is 7.27. The minimum atomic E-state index is -0.218. The predicted molar refractivity (Wildman–Crippen MR) is 107 cm³/mol. The molecule has 1 amide bonds. The molecule has 1 saturated heterocycles. The van der Waals surface area contributed by atoms with Crippen LogP contribution in [0, 0.1) is 5.92 Å². The molecule has 0 bridgehead atoms. The van der Waals surface area contributed by atoms with Gasteiger partial charge in [-0.15, -0.1) is 0 Å². The second kappa shape index (κ2) is 8.82. The number of carbonyl (C=O) groups excluding carboxylic acids is 2. The number of hydrogen-bond donors (Lipinski definition) is 1. The lowest BCUT2D eigenvalue weighted by Crippen LogP contribution is -2.42. The molecule has 28 heavy (non-hydrogen) atoms. The fraction of sp³-hybridized carbons (Fsp3) is 0.429. The Morgan fingerprint density at radius 2 is 1.96 bits per heavy atom. The third-order valence-electron chi connectivity index (χ3n) is 4.69. The van der Waals surface area contributed by atoms with Gasteiger partial charge in [0.1, 0.15) is 5.75 Å². The molecule has 2 aromatic rings. The number of Topliss-reactive ketones (excluding diaryl/α,β-unsaturated/α-hetero) is 1. The molecule has 1 atom stereocenters. The highest BCUT2D eigenvalue weighted by atomic mass is 16.5. The van der Waals surface area contributed by atoms with Gasteiger partial charge < -0.3 is 15.0 Å². The number of likely N-dealkylation sites (tertiary alicyclic amines) is 1. The molecule has 1 N–H and O–H groups in total. The van der Waals surface area contributed by atoms with Gasteiger partial charge in [0.25, 0.3) is 5.91 Å². The van der Waals surface area contributed by atoms with Crippen molar-refractivity contribution in [2.45, 2.75) is 32.8 Å². The van der Waals surface area contributed by atoms with E-state index in [1.54, 1.807) is 24.1 Å². The molecule has 0 unspecified atom stereocenters. The zero-order chi connectivity index (χ0) is 20.1. The summed E-state index contributed by atoms with van der Waals surface area (Å²) in [5, 5.41) is 2.83. The topological polar surface area (TPSA) is 84.4 Å². The maximum atomic E-state index is 13.0. The molecule has 1 aromatic carbocycles.